The van der Waals surface area contributed by atoms with Gasteiger partial charge in [-0.15, -0.1) is 0 Å². The van der Waals surface area contributed by atoms with Gasteiger partial charge in [0.05, 0.1) is 12.9 Å². The van der Waals surface area contributed by atoms with Crippen molar-refractivity contribution in [1.82, 2.24) is 15.3 Å². The van der Waals surface area contributed by atoms with Crippen LogP contribution in [0.25, 0.3) is 0 Å². The van der Waals surface area contributed by atoms with Crippen molar-refractivity contribution in [3.63, 3.8) is 0 Å². The zero-order valence-electron chi connectivity index (χ0n) is 11.2. The number of hydrogen-bond acceptors (Lipinski definition) is 4. The van der Waals surface area contributed by atoms with Crippen molar-refractivity contribution in [2.24, 2.45) is 4.99 Å². The molecule has 104 valence electrons. The highest BCUT2D eigenvalue weighted by Gasteiger charge is 2.19. The third-order valence-corrected chi connectivity index (χ3v) is 3.20. The lowest BCUT2D eigenvalue weighted by atomic mass is 9.95. The predicted molar refractivity (Wildman–Crippen MR) is 72.7 cm³/mol. The molecule has 0 unspecified atom stereocenters. The molecule has 0 atom stereocenters. The number of carbonyl (C=O) groups is 1. The van der Waals surface area contributed by atoms with Crippen LogP contribution in [0, 0.1) is 0 Å². The molecule has 0 bridgehead atoms. The van der Waals surface area contributed by atoms with Gasteiger partial charge < -0.3 is 15.0 Å². The molecule has 1 aromatic heterocycles. The molecule has 1 aliphatic rings. The van der Waals surface area contributed by atoms with Crippen LogP contribution in [-0.2, 0) is 4.74 Å². The molecule has 1 saturated carbocycles. The molecule has 1 heterocycles. The van der Waals surface area contributed by atoms with Gasteiger partial charge in [-0.3, -0.25) is 4.79 Å². The van der Waals surface area contributed by atoms with Gasteiger partial charge in [0.2, 0.25) is 0 Å². The zero-order valence-corrected chi connectivity index (χ0v) is 11.2. The summed E-state index contributed by atoms with van der Waals surface area (Å²) in [5, 5.41) is 3.03. The molecule has 1 aromatic rings. The molecule has 0 spiro atoms. The number of nitrogens with zero attached hydrogens (tertiary/aromatic N) is 2. The molecule has 6 heteroatoms. The van der Waals surface area contributed by atoms with E-state index in [0.717, 1.165) is 12.8 Å². The summed E-state index contributed by atoms with van der Waals surface area (Å²) in [6.45, 7) is 2.41. The normalized spacial score (nSPS) is 16.7. The van der Waals surface area contributed by atoms with E-state index in [1.807, 2.05) is 6.92 Å². The van der Waals surface area contributed by atoms with Crippen LogP contribution in [0.5, 0.6) is 0 Å². The Balaban J connectivity index is 1.96. The summed E-state index contributed by atoms with van der Waals surface area (Å²) in [6, 6.07) is 0.272. The Morgan fingerprint density at radius 3 is 3.11 bits per heavy atom. The highest BCUT2D eigenvalue weighted by atomic mass is 16.5. The molecule has 19 heavy (non-hydrogen) atoms. The van der Waals surface area contributed by atoms with Gasteiger partial charge in [0.1, 0.15) is 0 Å². The second-order valence-corrected chi connectivity index (χ2v) is 4.60. The maximum absolute atomic E-state index is 12.1. The third-order valence-electron chi connectivity index (χ3n) is 3.20. The van der Waals surface area contributed by atoms with E-state index in [0.29, 0.717) is 18.1 Å². The number of aromatic nitrogens is 2. The van der Waals surface area contributed by atoms with E-state index in [4.69, 9.17) is 4.74 Å². The maximum atomic E-state index is 12.1. The SMILES string of the molecule is CCOC=Nc1nc[nH]c1C(=O)NC1CCCCC1. The average Bonchev–Trinajstić information content (AvgIpc) is 2.89. The lowest BCUT2D eigenvalue weighted by Crippen LogP contribution is -2.36. The molecule has 6 nitrogen and oxygen atoms in total. The van der Waals surface area contributed by atoms with Crippen LogP contribution in [0.15, 0.2) is 11.3 Å². The topological polar surface area (TPSA) is 79.4 Å². The number of nitrogens with one attached hydrogen (secondary N) is 2. The van der Waals surface area contributed by atoms with E-state index in [-0.39, 0.29) is 11.9 Å². The fourth-order valence-electron chi connectivity index (χ4n) is 2.22. The molecule has 0 saturated heterocycles. The largest absolute Gasteiger partial charge is 0.483 e. The zero-order chi connectivity index (χ0) is 13.5. The number of rotatable bonds is 5. The number of aromatic amines is 1. The maximum Gasteiger partial charge on any atom is 0.271 e. The van der Waals surface area contributed by atoms with Gasteiger partial charge in [0.25, 0.3) is 5.91 Å². The molecule has 0 aliphatic heterocycles. The first-order chi connectivity index (χ1) is 9.31. The van der Waals surface area contributed by atoms with Crippen molar-refractivity contribution in [2.75, 3.05) is 6.61 Å². The number of carbonyl (C=O) groups excluding carboxylic acids is 1. The van der Waals surface area contributed by atoms with E-state index in [1.165, 1.54) is 32.0 Å². The van der Waals surface area contributed by atoms with Crippen LogP contribution in [0.2, 0.25) is 0 Å². The van der Waals surface area contributed by atoms with Crippen LogP contribution >= 0.6 is 0 Å². The minimum Gasteiger partial charge on any atom is -0.483 e. The number of imidazole rings is 1. The standard InChI is InChI=1S/C13H20N4O2/c1-2-19-9-16-12-11(14-8-15-12)13(18)17-10-6-4-3-5-7-10/h8-10H,2-7H2,1H3,(H,14,15)(H,17,18). The Morgan fingerprint density at radius 2 is 2.37 bits per heavy atom. The summed E-state index contributed by atoms with van der Waals surface area (Å²) < 4.78 is 5.01. The number of H-pyrrole nitrogens is 1. The van der Waals surface area contributed by atoms with Crippen LogP contribution in [-0.4, -0.2) is 34.9 Å². The van der Waals surface area contributed by atoms with Crippen LogP contribution < -0.4 is 5.32 Å². The number of aliphatic imine (C=N–C) groups is 1. The molecule has 1 aliphatic carbocycles. The minimum atomic E-state index is -0.145. The highest BCUT2D eigenvalue weighted by molar-refractivity contribution is 5.96. The summed E-state index contributed by atoms with van der Waals surface area (Å²) in [7, 11) is 0. The number of hydrogen-bond donors (Lipinski definition) is 2. The van der Waals surface area contributed by atoms with Crippen molar-refractivity contribution < 1.29 is 9.53 Å². The van der Waals surface area contributed by atoms with Crippen molar-refractivity contribution in [3.05, 3.63) is 12.0 Å². The van der Waals surface area contributed by atoms with Gasteiger partial charge in [0, 0.05) is 6.04 Å². The Hall–Kier alpha value is -1.85. The molecule has 2 rings (SSSR count). The Labute approximate surface area is 112 Å². The fourth-order valence-corrected chi connectivity index (χ4v) is 2.22. The van der Waals surface area contributed by atoms with Crippen molar-refractivity contribution in [3.8, 4) is 0 Å². The van der Waals surface area contributed by atoms with E-state index in [9.17, 15) is 4.79 Å². The van der Waals surface area contributed by atoms with Crippen molar-refractivity contribution in [2.45, 2.75) is 45.1 Å². The van der Waals surface area contributed by atoms with Gasteiger partial charge in [-0.2, -0.15) is 4.99 Å². The second-order valence-electron chi connectivity index (χ2n) is 4.60. The molecular weight excluding hydrogens is 244 g/mol. The molecular formula is C13H20N4O2. The Kier molecular flexibility index (Phi) is 4.94. The van der Waals surface area contributed by atoms with Gasteiger partial charge in [0.15, 0.2) is 17.9 Å². The van der Waals surface area contributed by atoms with Gasteiger partial charge >= 0.3 is 0 Å². The first kappa shape index (κ1) is 13.6. The average molecular weight is 264 g/mol. The minimum absolute atomic E-state index is 0.145. The Bertz CT molecular complexity index is 436. The highest BCUT2D eigenvalue weighted by Crippen LogP contribution is 2.19. The van der Waals surface area contributed by atoms with E-state index in [2.05, 4.69) is 20.3 Å². The monoisotopic (exact) mass is 264 g/mol. The number of amides is 1. The summed E-state index contributed by atoms with van der Waals surface area (Å²) in [6.07, 6.45) is 8.52. The molecule has 0 radical (unpaired) electrons. The molecule has 0 aromatic carbocycles. The Morgan fingerprint density at radius 1 is 1.58 bits per heavy atom. The van der Waals surface area contributed by atoms with Gasteiger partial charge in [-0.05, 0) is 19.8 Å². The molecule has 2 N–H and O–H groups in total. The van der Waals surface area contributed by atoms with Crippen LogP contribution in [0.3, 0.4) is 0 Å². The third kappa shape index (κ3) is 3.81. The first-order valence-corrected chi connectivity index (χ1v) is 6.79. The van der Waals surface area contributed by atoms with Gasteiger partial charge in [-0.1, -0.05) is 19.3 Å². The second kappa shape index (κ2) is 6.92. The quantitative estimate of drug-likeness (QED) is 0.632. The summed E-state index contributed by atoms with van der Waals surface area (Å²) in [5.41, 5.74) is 0.390. The molecule has 1 fully saturated rings. The van der Waals surface area contributed by atoms with Crippen molar-refractivity contribution in [1.29, 1.82) is 0 Å². The van der Waals surface area contributed by atoms with Crippen LogP contribution in [0.4, 0.5) is 5.82 Å². The summed E-state index contributed by atoms with van der Waals surface area (Å²) in [4.78, 5) is 23.0. The lowest BCUT2D eigenvalue weighted by molar-refractivity contribution is 0.0924. The van der Waals surface area contributed by atoms with Crippen LogP contribution in [0.1, 0.15) is 49.5 Å². The van der Waals surface area contributed by atoms with Crippen molar-refractivity contribution >= 4 is 18.1 Å². The summed E-state index contributed by atoms with van der Waals surface area (Å²) >= 11 is 0. The summed E-state index contributed by atoms with van der Waals surface area (Å²) in [5.74, 6) is 0.217. The molecule has 1 amide bonds. The fraction of sp³-hybridized carbons (Fsp3) is 0.615. The predicted octanol–water partition coefficient (Wildman–Crippen LogP) is 2.17. The van der Waals surface area contributed by atoms with Gasteiger partial charge in [-0.25, -0.2) is 4.98 Å². The van der Waals surface area contributed by atoms with E-state index < -0.39 is 0 Å². The lowest BCUT2D eigenvalue weighted by Gasteiger charge is -2.22. The van der Waals surface area contributed by atoms with E-state index in [1.54, 1.807) is 0 Å². The smallest absolute Gasteiger partial charge is 0.271 e. The van der Waals surface area contributed by atoms with E-state index >= 15 is 0 Å². The number of ether oxygens (including phenoxy) is 1. The first-order valence-electron chi connectivity index (χ1n) is 6.79.